The molecule has 1 atom stereocenters. The van der Waals surface area contributed by atoms with Crippen LogP contribution in [-0.4, -0.2) is 35.7 Å². The molecular formula is C9H16O5. The zero-order chi connectivity index (χ0) is 11.0. The molecule has 0 aromatic heterocycles. The van der Waals surface area contributed by atoms with E-state index in [1.54, 1.807) is 0 Å². The highest BCUT2D eigenvalue weighted by atomic mass is 16.7. The highest BCUT2D eigenvalue weighted by molar-refractivity contribution is 5.85. The Morgan fingerprint density at radius 3 is 2.71 bits per heavy atom. The topological polar surface area (TPSA) is 76.0 Å². The average Bonchev–Trinajstić information content (AvgIpc) is 2.17. The quantitative estimate of drug-likeness (QED) is 0.203. The minimum atomic E-state index is -1.52. The smallest absolute Gasteiger partial charge is 0.375 e. The van der Waals surface area contributed by atoms with Gasteiger partial charge in [-0.15, -0.1) is 0 Å². The maximum Gasteiger partial charge on any atom is 0.375 e. The fraction of sp³-hybridized carbons (Fsp3) is 0.667. The Morgan fingerprint density at radius 2 is 2.21 bits per heavy atom. The number of carbonyl (C=O) groups is 1. The van der Waals surface area contributed by atoms with E-state index in [1.807, 2.05) is 6.92 Å². The number of ether oxygens (including phenoxy) is 2. The van der Waals surface area contributed by atoms with Gasteiger partial charge in [0.05, 0.1) is 6.61 Å². The van der Waals surface area contributed by atoms with Gasteiger partial charge in [0.2, 0.25) is 6.29 Å². The van der Waals surface area contributed by atoms with E-state index in [-0.39, 0.29) is 5.76 Å². The van der Waals surface area contributed by atoms with Crippen molar-refractivity contribution in [2.24, 2.45) is 0 Å². The van der Waals surface area contributed by atoms with Gasteiger partial charge in [0.15, 0.2) is 5.76 Å². The maximum absolute atomic E-state index is 11.0. The molecule has 0 saturated heterocycles. The summed E-state index contributed by atoms with van der Waals surface area (Å²) in [5, 5.41) is 17.1. The van der Waals surface area contributed by atoms with Gasteiger partial charge in [-0.2, -0.15) is 0 Å². The third-order valence-corrected chi connectivity index (χ3v) is 1.40. The second-order valence-corrected chi connectivity index (χ2v) is 2.67. The lowest BCUT2D eigenvalue weighted by Gasteiger charge is -2.11. The normalized spacial score (nSPS) is 11.9. The molecular weight excluding hydrogens is 188 g/mol. The van der Waals surface area contributed by atoms with Crippen LogP contribution in [0.3, 0.4) is 0 Å². The van der Waals surface area contributed by atoms with Gasteiger partial charge in [0, 0.05) is 0 Å². The molecule has 0 radical (unpaired) electrons. The summed E-state index contributed by atoms with van der Waals surface area (Å²) >= 11 is 0. The molecule has 1 unspecified atom stereocenters. The van der Waals surface area contributed by atoms with Crippen LogP contribution in [0.5, 0.6) is 0 Å². The summed E-state index contributed by atoms with van der Waals surface area (Å²) in [6, 6.07) is 0. The molecule has 0 heterocycles. The summed E-state index contributed by atoms with van der Waals surface area (Å²) in [7, 11) is 0. The Labute approximate surface area is 82.9 Å². The van der Waals surface area contributed by atoms with Crippen molar-refractivity contribution in [3.8, 4) is 0 Å². The molecule has 5 heteroatoms. The number of hydrogen-bond donors (Lipinski definition) is 2. The van der Waals surface area contributed by atoms with Crippen molar-refractivity contribution in [2.75, 3.05) is 13.2 Å². The summed E-state index contributed by atoms with van der Waals surface area (Å²) in [6.45, 7) is 5.05. The highest BCUT2D eigenvalue weighted by Gasteiger charge is 2.14. The van der Waals surface area contributed by atoms with Gasteiger partial charge in [-0.25, -0.2) is 4.79 Å². The van der Waals surface area contributed by atoms with Crippen LogP contribution >= 0.6 is 0 Å². The molecule has 5 nitrogen and oxygen atoms in total. The van der Waals surface area contributed by atoms with E-state index in [4.69, 9.17) is 14.9 Å². The predicted octanol–water partition coefficient (Wildman–Crippen LogP) is 0.171. The number of unbranched alkanes of at least 4 members (excludes halogenated alkanes) is 1. The van der Waals surface area contributed by atoms with Gasteiger partial charge >= 0.3 is 5.97 Å². The average molecular weight is 204 g/mol. The van der Waals surface area contributed by atoms with Crippen molar-refractivity contribution in [1.82, 2.24) is 0 Å². The first-order valence-corrected chi connectivity index (χ1v) is 4.43. The van der Waals surface area contributed by atoms with Crippen molar-refractivity contribution < 1.29 is 24.5 Å². The molecule has 0 spiro atoms. The van der Waals surface area contributed by atoms with Crippen molar-refractivity contribution in [3.63, 3.8) is 0 Å². The minimum absolute atomic E-state index is 0.161. The van der Waals surface area contributed by atoms with Crippen LogP contribution < -0.4 is 0 Å². The molecule has 0 aliphatic carbocycles. The van der Waals surface area contributed by atoms with Gasteiger partial charge in [-0.1, -0.05) is 13.3 Å². The van der Waals surface area contributed by atoms with Crippen LogP contribution in [0.25, 0.3) is 0 Å². The van der Waals surface area contributed by atoms with Crippen LogP contribution in [0.4, 0.5) is 0 Å². The van der Waals surface area contributed by atoms with E-state index in [0.29, 0.717) is 6.61 Å². The Kier molecular flexibility index (Phi) is 6.78. The van der Waals surface area contributed by atoms with E-state index >= 15 is 0 Å². The molecule has 2 N–H and O–H groups in total. The molecule has 0 saturated carbocycles. The number of hydrogen-bond acceptors (Lipinski definition) is 5. The van der Waals surface area contributed by atoms with E-state index < -0.39 is 18.9 Å². The van der Waals surface area contributed by atoms with Gasteiger partial charge in [-0.05, 0) is 13.0 Å². The first-order chi connectivity index (χ1) is 6.61. The number of esters is 1. The van der Waals surface area contributed by atoms with E-state index in [9.17, 15) is 4.79 Å². The van der Waals surface area contributed by atoms with Crippen molar-refractivity contribution >= 4 is 5.97 Å². The maximum atomic E-state index is 11.0. The monoisotopic (exact) mass is 204 g/mol. The number of aliphatic hydroxyl groups is 2. The van der Waals surface area contributed by atoms with Crippen molar-refractivity contribution in [2.45, 2.75) is 26.1 Å². The van der Waals surface area contributed by atoms with E-state index in [1.165, 1.54) is 0 Å². The summed E-state index contributed by atoms with van der Waals surface area (Å²) in [6.07, 6.45) is 0.241. The molecule has 0 aliphatic rings. The van der Waals surface area contributed by atoms with E-state index in [2.05, 4.69) is 11.3 Å². The molecule has 0 aromatic carbocycles. The zero-order valence-electron chi connectivity index (χ0n) is 8.23. The van der Waals surface area contributed by atoms with Crippen LogP contribution in [0.2, 0.25) is 0 Å². The first kappa shape index (κ1) is 12.9. The van der Waals surface area contributed by atoms with E-state index in [0.717, 1.165) is 12.8 Å². The van der Waals surface area contributed by atoms with Gasteiger partial charge in [-0.3, -0.25) is 0 Å². The van der Waals surface area contributed by atoms with Crippen LogP contribution in [0, 0.1) is 0 Å². The minimum Gasteiger partial charge on any atom is -0.487 e. The van der Waals surface area contributed by atoms with Gasteiger partial charge < -0.3 is 19.7 Å². The van der Waals surface area contributed by atoms with Crippen molar-refractivity contribution in [3.05, 3.63) is 12.3 Å². The van der Waals surface area contributed by atoms with Crippen molar-refractivity contribution in [1.29, 1.82) is 0 Å². The summed E-state index contributed by atoms with van der Waals surface area (Å²) in [5.74, 6) is -1.02. The summed E-state index contributed by atoms with van der Waals surface area (Å²) in [4.78, 5) is 11.0. The standard InChI is InChI=1S/C9H16O5/c1-3-4-5-13-7(2)9(12)14-8(11)6-10/h8,10-11H,2-6H2,1H3. The fourth-order valence-electron chi connectivity index (χ4n) is 0.625. The Bertz CT molecular complexity index is 190. The summed E-state index contributed by atoms with van der Waals surface area (Å²) < 4.78 is 9.26. The molecule has 0 aromatic rings. The first-order valence-electron chi connectivity index (χ1n) is 4.43. The summed E-state index contributed by atoms with van der Waals surface area (Å²) in [5.41, 5.74) is 0. The number of carbonyl (C=O) groups excluding carboxylic acids is 1. The van der Waals surface area contributed by atoms with Gasteiger partial charge in [0.1, 0.15) is 6.61 Å². The Hall–Kier alpha value is -1.07. The Morgan fingerprint density at radius 1 is 1.57 bits per heavy atom. The second kappa shape index (κ2) is 7.34. The molecule has 0 aliphatic heterocycles. The lowest BCUT2D eigenvalue weighted by atomic mass is 10.4. The third-order valence-electron chi connectivity index (χ3n) is 1.40. The number of aliphatic hydroxyl groups excluding tert-OH is 2. The van der Waals surface area contributed by atoms with Crippen LogP contribution in [-0.2, 0) is 14.3 Å². The zero-order valence-corrected chi connectivity index (χ0v) is 8.23. The highest BCUT2D eigenvalue weighted by Crippen LogP contribution is 2.01. The molecule has 0 fully saturated rings. The molecule has 0 rings (SSSR count). The molecule has 0 amide bonds. The lowest BCUT2D eigenvalue weighted by Crippen LogP contribution is -2.22. The second-order valence-electron chi connectivity index (χ2n) is 2.67. The predicted molar refractivity (Wildman–Crippen MR) is 49.2 cm³/mol. The fourth-order valence-corrected chi connectivity index (χ4v) is 0.625. The number of rotatable bonds is 7. The largest absolute Gasteiger partial charge is 0.487 e. The van der Waals surface area contributed by atoms with Crippen LogP contribution in [0.1, 0.15) is 19.8 Å². The lowest BCUT2D eigenvalue weighted by molar-refractivity contribution is -0.172. The Balaban J connectivity index is 3.71. The third kappa shape index (κ3) is 5.55. The molecule has 0 bridgehead atoms. The molecule has 82 valence electrons. The SMILES string of the molecule is C=C(OCCCC)C(=O)OC(O)CO. The van der Waals surface area contributed by atoms with Crippen LogP contribution in [0.15, 0.2) is 12.3 Å². The van der Waals surface area contributed by atoms with Gasteiger partial charge in [0.25, 0.3) is 0 Å². The molecule has 14 heavy (non-hydrogen) atoms.